The van der Waals surface area contributed by atoms with Gasteiger partial charge < -0.3 is 9.64 Å². The van der Waals surface area contributed by atoms with E-state index in [0.29, 0.717) is 0 Å². The minimum absolute atomic E-state index is 0.0871. The van der Waals surface area contributed by atoms with E-state index in [4.69, 9.17) is 4.74 Å². The number of ether oxygens (including phenoxy) is 1. The van der Waals surface area contributed by atoms with Crippen LogP contribution >= 0.6 is 0 Å². The zero-order valence-electron chi connectivity index (χ0n) is 19.0. The molecule has 164 valence electrons. The summed E-state index contributed by atoms with van der Waals surface area (Å²) in [5.74, 6) is 1.81. The average Bonchev–Trinajstić information content (AvgIpc) is 3.31. The Kier molecular flexibility index (Phi) is 6.34. The lowest BCUT2D eigenvalue weighted by atomic mass is 9.99. The van der Waals surface area contributed by atoms with Crippen molar-refractivity contribution in [2.24, 2.45) is 0 Å². The first kappa shape index (κ1) is 21.5. The molecule has 1 aliphatic heterocycles. The highest BCUT2D eigenvalue weighted by atomic mass is 16.5. The van der Waals surface area contributed by atoms with Gasteiger partial charge in [0, 0.05) is 5.56 Å². The van der Waals surface area contributed by atoms with E-state index in [0.717, 1.165) is 44.2 Å². The fraction of sp³-hybridized carbons (Fsp3) is 0.458. The van der Waals surface area contributed by atoms with Crippen LogP contribution < -0.4 is 14.5 Å². The molecule has 31 heavy (non-hydrogen) atoms. The Bertz CT molecular complexity index is 961. The molecule has 0 radical (unpaired) electrons. The molecule has 7 nitrogen and oxygen atoms in total. The molecule has 1 saturated heterocycles. The van der Waals surface area contributed by atoms with Crippen molar-refractivity contribution in [2.75, 3.05) is 33.3 Å². The predicted octanol–water partition coefficient (Wildman–Crippen LogP) is 1.03. The van der Waals surface area contributed by atoms with Gasteiger partial charge in [0.15, 0.2) is 6.04 Å². The highest BCUT2D eigenvalue weighted by Crippen LogP contribution is 2.25. The molecule has 0 unspecified atom stereocenters. The van der Waals surface area contributed by atoms with Crippen molar-refractivity contribution in [1.82, 2.24) is 20.2 Å². The van der Waals surface area contributed by atoms with Crippen molar-refractivity contribution < 1.29 is 14.5 Å². The van der Waals surface area contributed by atoms with Gasteiger partial charge in [0.05, 0.1) is 12.6 Å². The third kappa shape index (κ3) is 4.48. The number of rotatable bonds is 7. The monoisotopic (exact) mass is 422 g/mol. The van der Waals surface area contributed by atoms with Crippen molar-refractivity contribution in [3.8, 4) is 5.75 Å². The smallest absolute Gasteiger partial charge is 0.214 e. The predicted molar refractivity (Wildman–Crippen MR) is 120 cm³/mol. The van der Waals surface area contributed by atoms with Gasteiger partial charge in [-0.15, -0.1) is 5.10 Å². The molecule has 2 aromatic carbocycles. The summed E-state index contributed by atoms with van der Waals surface area (Å²) in [7, 11) is 1.70. The van der Waals surface area contributed by atoms with Gasteiger partial charge in [0.2, 0.25) is 5.82 Å². The summed E-state index contributed by atoms with van der Waals surface area (Å²) in [5.41, 5.74) is 2.46. The Morgan fingerprint density at radius 1 is 1.00 bits per heavy atom. The standard InChI is InChI=1S/C24H32N6O/c1-5-24(2,3)30-23(25-26-27-30)22(19-11-13-21(31-4)14-12-19)29-17-15-28(16-18-29)20-9-7-6-8-10-20/h6-14,22H,5,15-18H2,1-4H3/p+2/t22-/m1/s1. The number of tetrazole rings is 1. The van der Waals surface area contributed by atoms with Gasteiger partial charge in [-0.2, -0.15) is 0 Å². The summed E-state index contributed by atoms with van der Waals surface area (Å²) in [6, 6.07) is 19.3. The second-order valence-corrected chi connectivity index (χ2v) is 8.95. The van der Waals surface area contributed by atoms with Crippen LogP contribution in [0.15, 0.2) is 54.6 Å². The lowest BCUT2D eigenvalue weighted by molar-refractivity contribution is -1.00. The van der Waals surface area contributed by atoms with Crippen LogP contribution in [-0.4, -0.2) is 53.5 Å². The van der Waals surface area contributed by atoms with E-state index in [-0.39, 0.29) is 11.6 Å². The molecule has 0 aliphatic carbocycles. The van der Waals surface area contributed by atoms with E-state index < -0.39 is 0 Å². The van der Waals surface area contributed by atoms with Gasteiger partial charge in [-0.05, 0) is 67.1 Å². The molecule has 0 saturated carbocycles. The Morgan fingerprint density at radius 2 is 1.68 bits per heavy atom. The van der Waals surface area contributed by atoms with Crippen LogP contribution in [0.3, 0.4) is 0 Å². The number of hydrogen-bond donors (Lipinski definition) is 2. The molecule has 2 N–H and O–H groups in total. The van der Waals surface area contributed by atoms with Crippen LogP contribution in [0.4, 0.5) is 5.69 Å². The molecule has 2 heterocycles. The molecule has 1 aliphatic rings. The second-order valence-electron chi connectivity index (χ2n) is 8.95. The molecule has 0 amide bonds. The van der Waals surface area contributed by atoms with E-state index in [1.807, 2.05) is 16.8 Å². The van der Waals surface area contributed by atoms with E-state index in [9.17, 15) is 0 Å². The topological polar surface area (TPSA) is 61.7 Å². The lowest BCUT2D eigenvalue weighted by Crippen LogP contribution is -3.26. The quantitative estimate of drug-likeness (QED) is 0.597. The van der Waals surface area contributed by atoms with Crippen molar-refractivity contribution in [3.05, 3.63) is 66.0 Å². The molecule has 7 heteroatoms. The summed E-state index contributed by atoms with van der Waals surface area (Å²) in [6.45, 7) is 10.9. The number of nitrogens with zero attached hydrogens (tertiary/aromatic N) is 4. The summed E-state index contributed by atoms with van der Waals surface area (Å²) in [5, 5.41) is 13.0. The highest BCUT2D eigenvalue weighted by Gasteiger charge is 2.38. The van der Waals surface area contributed by atoms with Gasteiger partial charge in [0.1, 0.15) is 37.6 Å². The lowest BCUT2D eigenvalue weighted by Gasteiger charge is -2.35. The third-order valence-electron chi connectivity index (χ3n) is 6.73. The number of benzene rings is 2. The average molecular weight is 423 g/mol. The van der Waals surface area contributed by atoms with Crippen LogP contribution in [0.25, 0.3) is 0 Å². The normalized spacial score (nSPS) is 20.4. The summed E-state index contributed by atoms with van der Waals surface area (Å²) >= 11 is 0. The van der Waals surface area contributed by atoms with Crippen LogP contribution in [0.2, 0.25) is 0 Å². The van der Waals surface area contributed by atoms with E-state index >= 15 is 0 Å². The minimum atomic E-state index is -0.139. The number of hydrogen-bond acceptors (Lipinski definition) is 4. The van der Waals surface area contributed by atoms with Crippen molar-refractivity contribution in [3.63, 3.8) is 0 Å². The first-order valence-electron chi connectivity index (χ1n) is 11.2. The molecule has 0 bridgehead atoms. The molecule has 1 aromatic heterocycles. The highest BCUT2D eigenvalue weighted by molar-refractivity contribution is 5.31. The zero-order chi connectivity index (χ0) is 21.8. The number of para-hydroxylation sites is 1. The van der Waals surface area contributed by atoms with Crippen molar-refractivity contribution in [2.45, 2.75) is 38.8 Å². The van der Waals surface area contributed by atoms with Crippen LogP contribution in [-0.2, 0) is 5.54 Å². The number of nitrogens with one attached hydrogen (secondary N) is 2. The number of quaternary nitrogens is 2. The van der Waals surface area contributed by atoms with E-state index in [1.54, 1.807) is 12.0 Å². The molecule has 1 atom stereocenters. The molecule has 3 aromatic rings. The van der Waals surface area contributed by atoms with Gasteiger partial charge in [-0.1, -0.05) is 25.1 Å². The van der Waals surface area contributed by atoms with Crippen LogP contribution in [0.1, 0.15) is 44.6 Å². The van der Waals surface area contributed by atoms with E-state index in [2.05, 4.69) is 78.8 Å². The van der Waals surface area contributed by atoms with Crippen molar-refractivity contribution >= 4 is 5.69 Å². The van der Waals surface area contributed by atoms with Gasteiger partial charge in [-0.25, -0.2) is 4.68 Å². The molecule has 4 rings (SSSR count). The maximum absolute atomic E-state index is 5.39. The first-order chi connectivity index (χ1) is 15.0. The SMILES string of the molecule is CCC(C)(C)n1nnnc1[C@@H](c1ccc(OC)cc1)[NH+]1CC[NH+](c2ccccc2)CC1. The number of aromatic nitrogens is 4. The number of piperazine rings is 1. The van der Waals surface area contributed by atoms with Crippen molar-refractivity contribution in [1.29, 1.82) is 0 Å². The zero-order valence-corrected chi connectivity index (χ0v) is 19.0. The molecule has 0 spiro atoms. The van der Waals surface area contributed by atoms with Gasteiger partial charge in [-0.3, -0.25) is 4.90 Å². The third-order valence-corrected chi connectivity index (χ3v) is 6.73. The molecular formula is C24H34N6O+2. The van der Waals surface area contributed by atoms with E-state index in [1.165, 1.54) is 16.2 Å². The number of methoxy groups -OCH3 is 1. The summed E-state index contributed by atoms with van der Waals surface area (Å²) < 4.78 is 7.42. The molecular weight excluding hydrogens is 388 g/mol. The Labute approximate surface area is 184 Å². The maximum atomic E-state index is 5.39. The van der Waals surface area contributed by atoms with Gasteiger partial charge in [0.25, 0.3) is 0 Å². The fourth-order valence-corrected chi connectivity index (χ4v) is 4.44. The Morgan fingerprint density at radius 3 is 2.29 bits per heavy atom. The minimum Gasteiger partial charge on any atom is -0.497 e. The summed E-state index contributed by atoms with van der Waals surface area (Å²) in [6.07, 6.45) is 0.960. The van der Waals surface area contributed by atoms with Crippen LogP contribution in [0.5, 0.6) is 5.75 Å². The first-order valence-corrected chi connectivity index (χ1v) is 11.2. The van der Waals surface area contributed by atoms with Gasteiger partial charge >= 0.3 is 0 Å². The van der Waals surface area contributed by atoms with Crippen LogP contribution in [0, 0.1) is 0 Å². The fourth-order valence-electron chi connectivity index (χ4n) is 4.44. The Balaban J connectivity index is 1.65. The largest absolute Gasteiger partial charge is 0.497 e. The maximum Gasteiger partial charge on any atom is 0.214 e. The summed E-state index contributed by atoms with van der Waals surface area (Å²) in [4.78, 5) is 3.05. The Hall–Kier alpha value is -2.77. The molecule has 1 fully saturated rings. The second kappa shape index (κ2) is 9.16.